The summed E-state index contributed by atoms with van der Waals surface area (Å²) in [4.78, 5) is 32.3. The largest absolute Gasteiger partial charge is 0.339 e. The normalized spacial score (nSPS) is 9.67. The van der Waals surface area contributed by atoms with E-state index in [1.807, 2.05) is 0 Å². The average molecular weight is 207 g/mol. The summed E-state index contributed by atoms with van der Waals surface area (Å²) in [5, 5.41) is 0. The topological polar surface area (TPSA) is 94.4 Å². The Hall–Kier alpha value is -1.33. The predicted molar refractivity (Wildman–Crippen MR) is 37.3 cm³/mol. The van der Waals surface area contributed by atoms with Crippen molar-refractivity contribution >= 4 is 11.2 Å². The zero-order chi connectivity index (χ0) is 7.84. The second-order valence-electron chi connectivity index (χ2n) is 2.03. The fourth-order valence-electron chi connectivity index (χ4n) is 0.867. The summed E-state index contributed by atoms with van der Waals surface area (Å²) >= 11 is 0. The smallest absolute Gasteiger partial charge is 0.327 e. The first kappa shape index (κ1) is 8.76. The molecule has 0 fully saturated rings. The SMILES string of the molecule is O=c1[nH]c(=O)c2[nH]cnc2[nH]1.[Mn]. The first-order chi connectivity index (χ1) is 5.27. The molecule has 63 valence electrons. The zero-order valence-corrected chi connectivity index (χ0v) is 6.90. The van der Waals surface area contributed by atoms with Crippen molar-refractivity contribution in [3.8, 4) is 0 Å². The van der Waals surface area contributed by atoms with Gasteiger partial charge in [0.05, 0.1) is 6.33 Å². The Morgan fingerprint density at radius 2 is 2.00 bits per heavy atom. The van der Waals surface area contributed by atoms with Gasteiger partial charge >= 0.3 is 5.69 Å². The Kier molecular flexibility index (Phi) is 2.16. The van der Waals surface area contributed by atoms with Gasteiger partial charge in [0.2, 0.25) is 0 Å². The molecule has 3 N–H and O–H groups in total. The number of rotatable bonds is 0. The van der Waals surface area contributed by atoms with Gasteiger partial charge in [-0.3, -0.25) is 14.8 Å². The third kappa shape index (κ3) is 1.19. The molecule has 0 aliphatic heterocycles. The average Bonchev–Trinajstić information content (AvgIpc) is 2.34. The number of nitrogens with one attached hydrogen (secondary N) is 3. The minimum Gasteiger partial charge on any atom is -0.339 e. The molecule has 2 heterocycles. The van der Waals surface area contributed by atoms with Crippen LogP contribution in [0.5, 0.6) is 0 Å². The first-order valence-corrected chi connectivity index (χ1v) is 2.93. The van der Waals surface area contributed by atoms with Gasteiger partial charge in [0, 0.05) is 17.1 Å². The number of imidazole rings is 1. The van der Waals surface area contributed by atoms with Crippen molar-refractivity contribution in [2.75, 3.05) is 0 Å². The molecular weight excluding hydrogens is 203 g/mol. The molecule has 2 aromatic rings. The number of hydrogen-bond acceptors (Lipinski definition) is 3. The standard InChI is InChI=1S/C5H4N4O2.Mn/c10-4-2-3(7-1-6-2)8-5(11)9-4;/h1H,(H3,6,7,8,9,10,11);. The number of aromatic amines is 3. The number of aromatic nitrogens is 4. The molecule has 7 heteroatoms. The maximum atomic E-state index is 10.9. The quantitative estimate of drug-likeness (QED) is 0.480. The van der Waals surface area contributed by atoms with Crippen LogP contribution in [0.4, 0.5) is 0 Å². The monoisotopic (exact) mass is 207 g/mol. The molecule has 1 radical (unpaired) electrons. The van der Waals surface area contributed by atoms with E-state index in [-0.39, 0.29) is 28.2 Å². The second-order valence-corrected chi connectivity index (χ2v) is 2.03. The molecule has 0 aliphatic carbocycles. The Morgan fingerprint density at radius 3 is 2.75 bits per heavy atom. The van der Waals surface area contributed by atoms with Crippen LogP contribution >= 0.6 is 0 Å². The third-order valence-corrected chi connectivity index (χ3v) is 1.33. The molecule has 0 saturated carbocycles. The Balaban J connectivity index is 0.000000720. The van der Waals surface area contributed by atoms with Gasteiger partial charge in [-0.15, -0.1) is 0 Å². The molecule has 0 aliphatic rings. The van der Waals surface area contributed by atoms with E-state index in [0.717, 1.165) is 0 Å². The summed E-state index contributed by atoms with van der Waals surface area (Å²) in [7, 11) is 0. The van der Waals surface area contributed by atoms with Crippen molar-refractivity contribution in [1.82, 2.24) is 19.9 Å². The van der Waals surface area contributed by atoms with E-state index in [4.69, 9.17) is 0 Å². The van der Waals surface area contributed by atoms with E-state index in [9.17, 15) is 9.59 Å². The van der Waals surface area contributed by atoms with Crippen LogP contribution in [0.2, 0.25) is 0 Å². The summed E-state index contributed by atoms with van der Waals surface area (Å²) in [6.07, 6.45) is 1.34. The Labute approximate surface area is 75.9 Å². The van der Waals surface area contributed by atoms with Crippen LogP contribution in [-0.4, -0.2) is 19.9 Å². The number of fused-ring (bicyclic) bond motifs is 1. The van der Waals surface area contributed by atoms with Crippen molar-refractivity contribution in [3.05, 3.63) is 27.2 Å². The van der Waals surface area contributed by atoms with E-state index >= 15 is 0 Å². The molecule has 2 aromatic heterocycles. The van der Waals surface area contributed by atoms with Crippen LogP contribution in [0.15, 0.2) is 15.9 Å². The van der Waals surface area contributed by atoms with Gasteiger partial charge in [-0.2, -0.15) is 0 Å². The van der Waals surface area contributed by atoms with E-state index in [0.29, 0.717) is 0 Å². The number of hydrogen-bond donors (Lipinski definition) is 3. The number of nitrogens with zero attached hydrogens (tertiary/aromatic N) is 1. The van der Waals surface area contributed by atoms with Gasteiger partial charge < -0.3 is 4.98 Å². The molecule has 0 aromatic carbocycles. The van der Waals surface area contributed by atoms with Gasteiger partial charge in [0.1, 0.15) is 5.52 Å². The molecule has 0 amide bonds. The summed E-state index contributed by atoms with van der Waals surface area (Å²) in [6.45, 7) is 0. The fourth-order valence-corrected chi connectivity index (χ4v) is 0.867. The van der Waals surface area contributed by atoms with Crippen LogP contribution in [0.1, 0.15) is 0 Å². The minimum absolute atomic E-state index is 0. The van der Waals surface area contributed by atoms with Gasteiger partial charge in [-0.05, 0) is 0 Å². The molecule has 6 nitrogen and oxygen atoms in total. The van der Waals surface area contributed by atoms with Crippen molar-refractivity contribution in [3.63, 3.8) is 0 Å². The Morgan fingerprint density at radius 1 is 1.25 bits per heavy atom. The third-order valence-electron chi connectivity index (χ3n) is 1.33. The molecule has 0 spiro atoms. The van der Waals surface area contributed by atoms with Crippen molar-refractivity contribution in [2.45, 2.75) is 0 Å². The van der Waals surface area contributed by atoms with E-state index < -0.39 is 11.2 Å². The van der Waals surface area contributed by atoms with Crippen molar-refractivity contribution < 1.29 is 17.1 Å². The van der Waals surface area contributed by atoms with Crippen LogP contribution in [0, 0.1) is 0 Å². The molecule has 0 saturated heterocycles. The zero-order valence-electron chi connectivity index (χ0n) is 5.72. The summed E-state index contributed by atoms with van der Waals surface area (Å²) in [5.74, 6) is 0. The molecule has 12 heavy (non-hydrogen) atoms. The van der Waals surface area contributed by atoms with E-state index in [1.165, 1.54) is 6.33 Å². The van der Waals surface area contributed by atoms with Gasteiger partial charge in [0.15, 0.2) is 5.65 Å². The predicted octanol–water partition coefficient (Wildman–Crippen LogP) is -1.06. The summed E-state index contributed by atoms with van der Waals surface area (Å²) in [6, 6.07) is 0. The fraction of sp³-hybridized carbons (Fsp3) is 0. The number of H-pyrrole nitrogens is 3. The first-order valence-electron chi connectivity index (χ1n) is 2.93. The summed E-state index contributed by atoms with van der Waals surface area (Å²) in [5.41, 5.74) is -0.445. The van der Waals surface area contributed by atoms with Crippen LogP contribution < -0.4 is 11.2 Å². The van der Waals surface area contributed by atoms with Crippen LogP contribution in [-0.2, 0) is 17.1 Å². The molecule has 0 bridgehead atoms. The molecule has 0 unspecified atom stereocenters. The summed E-state index contributed by atoms with van der Waals surface area (Å²) < 4.78 is 0. The second kappa shape index (κ2) is 2.96. The maximum Gasteiger partial charge on any atom is 0.327 e. The maximum absolute atomic E-state index is 10.9. The molecule has 0 atom stereocenters. The van der Waals surface area contributed by atoms with E-state index in [1.54, 1.807) is 0 Å². The molecular formula is C5H4MnN4O2. The van der Waals surface area contributed by atoms with E-state index in [2.05, 4.69) is 19.9 Å². The van der Waals surface area contributed by atoms with Crippen LogP contribution in [0.25, 0.3) is 11.2 Å². The molecule has 2 rings (SSSR count). The van der Waals surface area contributed by atoms with Crippen molar-refractivity contribution in [1.29, 1.82) is 0 Å². The van der Waals surface area contributed by atoms with Gasteiger partial charge in [0.25, 0.3) is 5.56 Å². The Bertz CT molecular complexity index is 496. The van der Waals surface area contributed by atoms with Gasteiger partial charge in [-0.25, -0.2) is 9.78 Å². The van der Waals surface area contributed by atoms with Gasteiger partial charge in [-0.1, -0.05) is 0 Å². The minimum atomic E-state index is -0.547. The van der Waals surface area contributed by atoms with Crippen molar-refractivity contribution in [2.24, 2.45) is 0 Å². The van der Waals surface area contributed by atoms with Crippen LogP contribution in [0.3, 0.4) is 0 Å².